The lowest BCUT2D eigenvalue weighted by atomic mass is 10.0. The van der Waals surface area contributed by atoms with E-state index in [9.17, 15) is 4.79 Å². The molecule has 5 heteroatoms. The molecule has 0 aliphatic heterocycles. The van der Waals surface area contributed by atoms with Crippen LogP contribution in [0, 0.1) is 13.8 Å². The van der Waals surface area contributed by atoms with Gasteiger partial charge in [-0.1, -0.05) is 47.5 Å². The minimum absolute atomic E-state index is 0.115. The molecule has 0 aliphatic carbocycles. The van der Waals surface area contributed by atoms with Gasteiger partial charge in [-0.2, -0.15) is 0 Å². The van der Waals surface area contributed by atoms with Gasteiger partial charge in [-0.3, -0.25) is 4.79 Å². The number of hydrogen-bond donors (Lipinski definition) is 1. The molecule has 124 valence electrons. The van der Waals surface area contributed by atoms with E-state index < -0.39 is 0 Å². The first kappa shape index (κ1) is 16.1. The number of aryl methyl sites for hydroxylation is 2. The lowest BCUT2D eigenvalue weighted by Gasteiger charge is -2.04. The number of H-pyrrole nitrogens is 1. The molecule has 0 atom stereocenters. The van der Waals surface area contributed by atoms with Gasteiger partial charge in [0.2, 0.25) is 0 Å². The maximum absolute atomic E-state index is 12.8. The highest BCUT2D eigenvalue weighted by Gasteiger charge is 2.17. The van der Waals surface area contributed by atoms with Crippen LogP contribution in [0.5, 0.6) is 0 Å². The van der Waals surface area contributed by atoms with Gasteiger partial charge in [-0.25, -0.2) is 4.98 Å². The first-order valence-electron chi connectivity index (χ1n) is 7.89. The molecule has 2 heterocycles. The largest absolute Gasteiger partial charge is 0.306 e. The van der Waals surface area contributed by atoms with Gasteiger partial charge in [0, 0.05) is 21.0 Å². The van der Waals surface area contributed by atoms with Crippen LogP contribution >= 0.6 is 22.9 Å². The maximum Gasteiger partial charge on any atom is 0.260 e. The van der Waals surface area contributed by atoms with Crippen LogP contribution < -0.4 is 5.56 Å². The van der Waals surface area contributed by atoms with Crippen LogP contribution in [0.15, 0.2) is 53.3 Å². The molecule has 2 aromatic heterocycles. The molecule has 1 N–H and O–H groups in total. The Morgan fingerprint density at radius 1 is 1.04 bits per heavy atom. The van der Waals surface area contributed by atoms with E-state index in [4.69, 9.17) is 16.6 Å². The van der Waals surface area contributed by atoms with E-state index in [0.717, 1.165) is 32.0 Å². The smallest absolute Gasteiger partial charge is 0.260 e. The normalized spacial score (nSPS) is 11.2. The van der Waals surface area contributed by atoms with Crippen molar-refractivity contribution in [3.05, 3.63) is 74.3 Å². The SMILES string of the molecule is Cc1cccc(-c2nc3sc(C)c(-c4ccc(Cl)cc4)c3c(=O)[nH]2)c1. The molecule has 25 heavy (non-hydrogen) atoms. The molecule has 4 aromatic rings. The predicted molar refractivity (Wildman–Crippen MR) is 106 cm³/mol. The fourth-order valence-electron chi connectivity index (χ4n) is 3.01. The summed E-state index contributed by atoms with van der Waals surface area (Å²) in [4.78, 5) is 22.3. The number of rotatable bonds is 2. The molecule has 0 aliphatic rings. The third-order valence-corrected chi connectivity index (χ3v) is 5.41. The summed E-state index contributed by atoms with van der Waals surface area (Å²) in [5.74, 6) is 0.602. The lowest BCUT2D eigenvalue weighted by Crippen LogP contribution is -2.09. The van der Waals surface area contributed by atoms with Crippen molar-refractivity contribution in [1.82, 2.24) is 9.97 Å². The third kappa shape index (κ3) is 2.88. The van der Waals surface area contributed by atoms with Gasteiger partial charge >= 0.3 is 0 Å². The molecule has 0 radical (unpaired) electrons. The van der Waals surface area contributed by atoms with Crippen molar-refractivity contribution >= 4 is 33.2 Å². The Morgan fingerprint density at radius 3 is 2.52 bits per heavy atom. The van der Waals surface area contributed by atoms with Crippen LogP contribution in [-0.2, 0) is 0 Å². The van der Waals surface area contributed by atoms with Gasteiger partial charge in [-0.05, 0) is 37.6 Å². The van der Waals surface area contributed by atoms with Crippen LogP contribution in [0.2, 0.25) is 5.02 Å². The number of benzene rings is 2. The van der Waals surface area contributed by atoms with Crippen molar-refractivity contribution in [3.8, 4) is 22.5 Å². The second-order valence-electron chi connectivity index (χ2n) is 6.00. The van der Waals surface area contributed by atoms with Crippen molar-refractivity contribution in [2.75, 3.05) is 0 Å². The van der Waals surface area contributed by atoms with Crippen LogP contribution in [0.1, 0.15) is 10.4 Å². The minimum Gasteiger partial charge on any atom is -0.306 e. The number of fused-ring (bicyclic) bond motifs is 1. The molecule has 0 saturated carbocycles. The molecule has 3 nitrogen and oxygen atoms in total. The highest BCUT2D eigenvalue weighted by atomic mass is 35.5. The van der Waals surface area contributed by atoms with E-state index in [1.165, 1.54) is 0 Å². The Balaban J connectivity index is 1.95. The van der Waals surface area contributed by atoms with Gasteiger partial charge in [0.25, 0.3) is 5.56 Å². The van der Waals surface area contributed by atoms with Crippen molar-refractivity contribution < 1.29 is 0 Å². The summed E-state index contributed by atoms with van der Waals surface area (Å²) in [5, 5.41) is 1.32. The second-order valence-corrected chi connectivity index (χ2v) is 7.64. The zero-order chi connectivity index (χ0) is 17.6. The van der Waals surface area contributed by atoms with Crippen LogP contribution in [-0.4, -0.2) is 9.97 Å². The fraction of sp³-hybridized carbons (Fsp3) is 0.100. The van der Waals surface area contributed by atoms with Crippen LogP contribution in [0.3, 0.4) is 0 Å². The predicted octanol–water partition coefficient (Wildman–Crippen LogP) is 5.59. The lowest BCUT2D eigenvalue weighted by molar-refractivity contribution is 1.19. The zero-order valence-corrected chi connectivity index (χ0v) is 15.3. The van der Waals surface area contributed by atoms with Crippen molar-refractivity contribution in [3.63, 3.8) is 0 Å². The molecular weight excluding hydrogens is 352 g/mol. The highest BCUT2D eigenvalue weighted by molar-refractivity contribution is 7.19. The quantitative estimate of drug-likeness (QED) is 0.502. The Hall–Kier alpha value is -2.43. The molecule has 4 rings (SSSR count). The molecule has 0 fully saturated rings. The van der Waals surface area contributed by atoms with Crippen molar-refractivity contribution in [2.45, 2.75) is 13.8 Å². The summed E-state index contributed by atoms with van der Waals surface area (Å²) < 4.78 is 0. The molecule has 0 amide bonds. The van der Waals surface area contributed by atoms with Gasteiger partial charge in [0.1, 0.15) is 10.7 Å². The molecule has 0 bridgehead atoms. The first-order chi connectivity index (χ1) is 12.0. The second kappa shape index (κ2) is 6.14. The Bertz CT molecular complexity index is 1140. The van der Waals surface area contributed by atoms with Crippen LogP contribution in [0.4, 0.5) is 0 Å². The van der Waals surface area contributed by atoms with E-state index in [0.29, 0.717) is 16.2 Å². The number of nitrogens with zero attached hydrogens (tertiary/aromatic N) is 1. The monoisotopic (exact) mass is 366 g/mol. The Morgan fingerprint density at radius 2 is 1.80 bits per heavy atom. The van der Waals surface area contributed by atoms with Gasteiger partial charge in [0.15, 0.2) is 0 Å². The number of aromatic nitrogens is 2. The summed E-state index contributed by atoms with van der Waals surface area (Å²) in [6, 6.07) is 15.5. The summed E-state index contributed by atoms with van der Waals surface area (Å²) >= 11 is 7.53. The minimum atomic E-state index is -0.115. The Kier molecular flexibility index (Phi) is 3.94. The number of halogens is 1. The summed E-state index contributed by atoms with van der Waals surface area (Å²) in [7, 11) is 0. The number of nitrogens with one attached hydrogen (secondary N) is 1. The van der Waals surface area contributed by atoms with E-state index >= 15 is 0 Å². The average molecular weight is 367 g/mol. The van der Waals surface area contributed by atoms with E-state index in [2.05, 4.69) is 4.98 Å². The standard InChI is InChI=1S/C20H15ClN2OS/c1-11-4-3-5-14(10-11)18-22-19(24)17-16(12(2)25-20(17)23-18)13-6-8-15(21)9-7-13/h3-10H,1-2H3,(H,22,23,24). The number of thiophene rings is 1. The number of aromatic amines is 1. The van der Waals surface area contributed by atoms with Gasteiger partial charge < -0.3 is 4.98 Å². The first-order valence-corrected chi connectivity index (χ1v) is 9.09. The third-order valence-electron chi connectivity index (χ3n) is 4.16. The molecular formula is C20H15ClN2OS. The fourth-order valence-corrected chi connectivity index (χ4v) is 4.18. The van der Waals surface area contributed by atoms with Crippen molar-refractivity contribution in [2.24, 2.45) is 0 Å². The van der Waals surface area contributed by atoms with Crippen LogP contribution in [0.25, 0.3) is 32.7 Å². The average Bonchev–Trinajstić information content (AvgIpc) is 2.92. The molecule has 0 spiro atoms. The van der Waals surface area contributed by atoms with E-state index in [-0.39, 0.29) is 5.56 Å². The van der Waals surface area contributed by atoms with Gasteiger partial charge in [0.05, 0.1) is 5.39 Å². The van der Waals surface area contributed by atoms with Gasteiger partial charge in [-0.15, -0.1) is 11.3 Å². The summed E-state index contributed by atoms with van der Waals surface area (Å²) in [5.41, 5.74) is 3.84. The molecule has 0 unspecified atom stereocenters. The highest BCUT2D eigenvalue weighted by Crippen LogP contribution is 2.36. The van der Waals surface area contributed by atoms with E-state index in [1.807, 2.05) is 62.4 Å². The molecule has 2 aromatic carbocycles. The number of hydrogen-bond acceptors (Lipinski definition) is 3. The van der Waals surface area contributed by atoms with E-state index in [1.54, 1.807) is 11.3 Å². The van der Waals surface area contributed by atoms with Crippen molar-refractivity contribution in [1.29, 1.82) is 0 Å². The topological polar surface area (TPSA) is 45.8 Å². The Labute approximate surface area is 154 Å². The summed E-state index contributed by atoms with van der Waals surface area (Å²) in [6.07, 6.45) is 0. The molecule has 0 saturated heterocycles. The zero-order valence-electron chi connectivity index (χ0n) is 13.8. The summed E-state index contributed by atoms with van der Waals surface area (Å²) in [6.45, 7) is 4.04. The maximum atomic E-state index is 12.8.